The number of para-hydroxylation sites is 1. The normalized spacial score (nSPS) is 10.8. The van der Waals surface area contributed by atoms with Gasteiger partial charge in [-0.3, -0.25) is 14.4 Å². The molecule has 0 aromatic heterocycles. The highest BCUT2D eigenvalue weighted by Gasteiger charge is 2.18. The van der Waals surface area contributed by atoms with Crippen molar-refractivity contribution < 1.29 is 19.5 Å². The fraction of sp³-hybridized carbons (Fsp3) is 0. The van der Waals surface area contributed by atoms with E-state index in [0.717, 1.165) is 15.2 Å². The van der Waals surface area contributed by atoms with Crippen molar-refractivity contribution in [1.29, 1.82) is 0 Å². The zero-order valence-corrected chi connectivity index (χ0v) is 19.7. The Bertz CT molecular complexity index is 1450. The van der Waals surface area contributed by atoms with Crippen LogP contribution in [-0.2, 0) is 9.59 Å². The zero-order valence-electron chi connectivity index (χ0n) is 18.2. The van der Waals surface area contributed by atoms with Gasteiger partial charge in [-0.1, -0.05) is 58.4 Å². The molecule has 0 spiro atoms. The van der Waals surface area contributed by atoms with Gasteiger partial charge in [0.1, 0.15) is 5.75 Å². The number of nitrogens with zero attached hydrogens (tertiary/aromatic N) is 1. The molecule has 0 aliphatic heterocycles. The van der Waals surface area contributed by atoms with Gasteiger partial charge in [0, 0.05) is 15.7 Å². The molecule has 4 aromatic carbocycles. The molecule has 0 bridgehead atoms. The first-order valence-electron chi connectivity index (χ1n) is 10.4. The van der Waals surface area contributed by atoms with E-state index < -0.39 is 17.7 Å². The van der Waals surface area contributed by atoms with Crippen LogP contribution in [0.5, 0.6) is 5.75 Å². The Balaban J connectivity index is 1.43. The summed E-state index contributed by atoms with van der Waals surface area (Å²) in [4.78, 5) is 37.4. The molecule has 4 rings (SSSR count). The number of hydrogen-bond donors (Lipinski definition) is 4. The summed E-state index contributed by atoms with van der Waals surface area (Å²) in [6, 6.07) is 24.0. The van der Waals surface area contributed by atoms with E-state index in [1.807, 2.05) is 18.2 Å². The lowest BCUT2D eigenvalue weighted by molar-refractivity contribution is -0.136. The second-order valence-electron chi connectivity index (χ2n) is 7.38. The number of halogens is 1. The Labute approximate surface area is 208 Å². The summed E-state index contributed by atoms with van der Waals surface area (Å²) in [5.41, 5.74) is 3.46. The first-order valence-corrected chi connectivity index (χ1v) is 11.2. The molecule has 0 saturated heterocycles. The maximum absolute atomic E-state index is 12.7. The average molecular weight is 531 g/mol. The molecule has 0 aliphatic carbocycles. The number of phenols is 1. The Morgan fingerprint density at radius 2 is 1.51 bits per heavy atom. The number of hydrazone groups is 1. The van der Waals surface area contributed by atoms with Gasteiger partial charge in [0.15, 0.2) is 0 Å². The average Bonchev–Trinajstić information content (AvgIpc) is 2.87. The standard InChI is InChI=1S/C26H19BrN4O4/c27-17-10-12-18(13-11-17)29-24(33)20-7-3-4-8-22(20)30-25(34)26(35)31-28-15-21-19-6-2-1-5-16(19)9-14-23(21)32/h1-15,32H,(H,29,33)(H,30,34)(H,31,35)/b28-15-. The van der Waals surface area contributed by atoms with Crippen LogP contribution in [0.2, 0.25) is 0 Å². The van der Waals surface area contributed by atoms with E-state index in [-0.39, 0.29) is 17.0 Å². The summed E-state index contributed by atoms with van der Waals surface area (Å²) in [5.74, 6) is -2.51. The van der Waals surface area contributed by atoms with E-state index in [0.29, 0.717) is 11.3 Å². The van der Waals surface area contributed by atoms with E-state index in [2.05, 4.69) is 37.1 Å². The van der Waals surface area contributed by atoms with E-state index in [4.69, 9.17) is 0 Å². The van der Waals surface area contributed by atoms with Crippen LogP contribution in [0.4, 0.5) is 11.4 Å². The van der Waals surface area contributed by atoms with Crippen LogP contribution in [0, 0.1) is 0 Å². The smallest absolute Gasteiger partial charge is 0.329 e. The fourth-order valence-electron chi connectivity index (χ4n) is 3.33. The number of carbonyl (C=O) groups excluding carboxylic acids is 3. The molecule has 4 N–H and O–H groups in total. The number of rotatable bonds is 5. The lowest BCUT2D eigenvalue weighted by atomic mass is 10.0. The van der Waals surface area contributed by atoms with Crippen molar-refractivity contribution in [3.05, 3.63) is 101 Å². The summed E-state index contributed by atoms with van der Waals surface area (Å²) in [5, 5.41) is 20.8. The van der Waals surface area contributed by atoms with E-state index in [9.17, 15) is 19.5 Å². The van der Waals surface area contributed by atoms with Gasteiger partial charge >= 0.3 is 11.8 Å². The monoisotopic (exact) mass is 530 g/mol. The minimum atomic E-state index is -1.04. The first kappa shape index (κ1) is 23.7. The zero-order chi connectivity index (χ0) is 24.8. The number of aromatic hydroxyl groups is 1. The van der Waals surface area contributed by atoms with Crippen LogP contribution in [0.3, 0.4) is 0 Å². The number of benzene rings is 4. The predicted octanol–water partition coefficient (Wildman–Crippen LogP) is 4.65. The van der Waals surface area contributed by atoms with Crippen LogP contribution in [-0.4, -0.2) is 29.0 Å². The molecule has 0 heterocycles. The minimum Gasteiger partial charge on any atom is -0.507 e. The highest BCUT2D eigenvalue weighted by atomic mass is 79.9. The number of nitrogens with one attached hydrogen (secondary N) is 3. The SMILES string of the molecule is O=C(N/N=C\c1c(O)ccc2ccccc12)C(=O)Nc1ccccc1C(=O)Nc1ccc(Br)cc1. The molecule has 0 unspecified atom stereocenters. The van der Waals surface area contributed by atoms with Crippen molar-refractivity contribution >= 4 is 62.0 Å². The Morgan fingerprint density at radius 1 is 0.800 bits per heavy atom. The number of anilines is 2. The van der Waals surface area contributed by atoms with Crippen molar-refractivity contribution in [1.82, 2.24) is 5.43 Å². The van der Waals surface area contributed by atoms with Crippen LogP contribution < -0.4 is 16.1 Å². The van der Waals surface area contributed by atoms with Gasteiger partial charge < -0.3 is 15.7 Å². The summed E-state index contributed by atoms with van der Waals surface area (Å²) in [7, 11) is 0. The number of fused-ring (bicyclic) bond motifs is 1. The van der Waals surface area contributed by atoms with Gasteiger partial charge in [-0.25, -0.2) is 5.43 Å². The van der Waals surface area contributed by atoms with Gasteiger partial charge in [0.25, 0.3) is 5.91 Å². The number of carbonyl (C=O) groups is 3. The molecule has 0 fully saturated rings. The molecule has 9 heteroatoms. The summed E-state index contributed by atoms with van der Waals surface area (Å²) in [6.07, 6.45) is 1.27. The van der Waals surface area contributed by atoms with Gasteiger partial charge in [-0.05, 0) is 53.2 Å². The Morgan fingerprint density at radius 3 is 2.31 bits per heavy atom. The Kier molecular flexibility index (Phi) is 7.18. The molecule has 4 aromatic rings. The third kappa shape index (κ3) is 5.71. The highest BCUT2D eigenvalue weighted by molar-refractivity contribution is 9.10. The van der Waals surface area contributed by atoms with Crippen molar-refractivity contribution in [2.24, 2.45) is 5.10 Å². The van der Waals surface area contributed by atoms with Crippen molar-refractivity contribution in [2.45, 2.75) is 0 Å². The fourth-order valence-corrected chi connectivity index (χ4v) is 3.59. The topological polar surface area (TPSA) is 120 Å². The molecular weight excluding hydrogens is 512 g/mol. The van der Waals surface area contributed by atoms with Crippen LogP contribution >= 0.6 is 15.9 Å². The molecule has 3 amide bonds. The van der Waals surface area contributed by atoms with Gasteiger partial charge in [0.2, 0.25) is 0 Å². The quantitative estimate of drug-likeness (QED) is 0.170. The molecule has 0 radical (unpaired) electrons. The summed E-state index contributed by atoms with van der Waals surface area (Å²) in [6.45, 7) is 0. The highest BCUT2D eigenvalue weighted by Crippen LogP contribution is 2.25. The Hall–Kier alpha value is -4.50. The lowest BCUT2D eigenvalue weighted by Crippen LogP contribution is -2.33. The van der Waals surface area contributed by atoms with Crippen LogP contribution in [0.25, 0.3) is 10.8 Å². The van der Waals surface area contributed by atoms with Crippen molar-refractivity contribution in [3.63, 3.8) is 0 Å². The summed E-state index contributed by atoms with van der Waals surface area (Å²) >= 11 is 3.33. The lowest BCUT2D eigenvalue weighted by Gasteiger charge is -2.11. The van der Waals surface area contributed by atoms with Crippen molar-refractivity contribution in [3.8, 4) is 5.75 Å². The summed E-state index contributed by atoms with van der Waals surface area (Å²) < 4.78 is 0.868. The van der Waals surface area contributed by atoms with E-state index >= 15 is 0 Å². The first-order chi connectivity index (χ1) is 16.9. The second-order valence-corrected chi connectivity index (χ2v) is 8.30. The van der Waals surface area contributed by atoms with Gasteiger partial charge in [0.05, 0.1) is 17.5 Å². The van der Waals surface area contributed by atoms with E-state index in [1.165, 1.54) is 24.4 Å². The molecule has 174 valence electrons. The number of phenolic OH excluding ortho intramolecular Hbond substituents is 1. The minimum absolute atomic E-state index is 0.0168. The van der Waals surface area contributed by atoms with Crippen LogP contribution in [0.1, 0.15) is 15.9 Å². The molecule has 0 saturated carbocycles. The molecule has 0 aliphatic rings. The van der Waals surface area contributed by atoms with Crippen LogP contribution in [0.15, 0.2) is 94.5 Å². The molecule has 35 heavy (non-hydrogen) atoms. The van der Waals surface area contributed by atoms with Gasteiger partial charge in [-0.2, -0.15) is 5.10 Å². The molecular formula is C26H19BrN4O4. The van der Waals surface area contributed by atoms with Gasteiger partial charge in [-0.15, -0.1) is 0 Å². The third-order valence-corrected chi connectivity index (χ3v) is 5.56. The number of amides is 3. The van der Waals surface area contributed by atoms with E-state index in [1.54, 1.807) is 48.5 Å². The maximum Gasteiger partial charge on any atom is 0.329 e. The second kappa shape index (κ2) is 10.6. The molecule has 8 nitrogen and oxygen atoms in total. The largest absolute Gasteiger partial charge is 0.507 e. The predicted molar refractivity (Wildman–Crippen MR) is 139 cm³/mol. The maximum atomic E-state index is 12.7. The molecule has 0 atom stereocenters. The number of hydrogen-bond acceptors (Lipinski definition) is 5. The third-order valence-electron chi connectivity index (χ3n) is 5.04. The van der Waals surface area contributed by atoms with Crippen molar-refractivity contribution in [2.75, 3.05) is 10.6 Å².